The van der Waals surface area contributed by atoms with Crippen LogP contribution in [0.25, 0.3) is 0 Å². The molecule has 5 aliphatic rings. The molecule has 0 amide bonds. The number of aliphatic hydroxyl groups excluding tert-OH is 1. The molecule has 4 aliphatic carbocycles. The zero-order valence-corrected chi connectivity index (χ0v) is 18.7. The molecular weight excluding hydrogens is 404 g/mol. The molecule has 4 heteroatoms. The molecule has 1 heterocycles. The number of hydrogen-bond acceptors (Lipinski definition) is 3. The third kappa shape index (κ3) is 2.68. The molecule has 1 aliphatic heterocycles. The summed E-state index contributed by atoms with van der Waals surface area (Å²) < 4.78 is 12.5. The van der Waals surface area contributed by atoms with Gasteiger partial charge in [0, 0.05) is 5.92 Å². The Balaban J connectivity index is 1.42. The summed E-state index contributed by atoms with van der Waals surface area (Å²) in [5.41, 5.74) is 0.825. The Morgan fingerprint density at radius 2 is 1.59 bits per heavy atom. The van der Waals surface area contributed by atoms with Crippen LogP contribution in [0.5, 0.6) is 0 Å². The average molecular weight is 441 g/mol. The molecule has 0 bridgehead atoms. The number of aliphatic hydroxyl groups is 1. The van der Waals surface area contributed by atoms with Crippen molar-refractivity contribution in [3.8, 4) is 0 Å². The third-order valence-electron chi connectivity index (χ3n) is 10.1. The summed E-state index contributed by atoms with van der Waals surface area (Å²) >= 11 is 3.74. The summed E-state index contributed by atoms with van der Waals surface area (Å²) in [5, 5.41) is 11.0. The van der Waals surface area contributed by atoms with Gasteiger partial charge in [-0.05, 0) is 92.3 Å². The van der Waals surface area contributed by atoms with Crippen LogP contribution in [0.15, 0.2) is 0 Å². The van der Waals surface area contributed by atoms with Gasteiger partial charge in [-0.2, -0.15) is 0 Å². The normalized spacial score (nSPS) is 54.2. The molecule has 0 unspecified atom stereocenters. The van der Waals surface area contributed by atoms with E-state index in [1.165, 1.54) is 44.9 Å². The van der Waals surface area contributed by atoms with E-state index >= 15 is 0 Å². The van der Waals surface area contributed by atoms with Crippen molar-refractivity contribution in [2.75, 3.05) is 18.5 Å². The minimum atomic E-state index is -0.383. The second-order valence-electron chi connectivity index (χ2n) is 10.9. The van der Waals surface area contributed by atoms with Gasteiger partial charge in [0.1, 0.15) is 0 Å². The smallest absolute Gasteiger partial charge is 0.181 e. The van der Waals surface area contributed by atoms with Gasteiger partial charge in [-0.25, -0.2) is 0 Å². The number of alkyl halides is 1. The second-order valence-corrected chi connectivity index (χ2v) is 11.5. The predicted molar refractivity (Wildman–Crippen MR) is 110 cm³/mol. The number of fused-ring (bicyclic) bond motifs is 5. The molecule has 4 saturated carbocycles. The van der Waals surface area contributed by atoms with E-state index < -0.39 is 0 Å². The molecule has 3 nitrogen and oxygen atoms in total. The molecule has 0 spiro atoms. The van der Waals surface area contributed by atoms with Gasteiger partial charge in [-0.3, -0.25) is 0 Å². The van der Waals surface area contributed by atoms with Crippen molar-refractivity contribution in [1.82, 2.24) is 0 Å². The molecule has 0 aromatic carbocycles. The monoisotopic (exact) mass is 440 g/mol. The number of ether oxygens (including phenoxy) is 2. The summed E-state index contributed by atoms with van der Waals surface area (Å²) in [6.07, 6.45) is 11.3. The van der Waals surface area contributed by atoms with Gasteiger partial charge >= 0.3 is 0 Å². The van der Waals surface area contributed by atoms with Gasteiger partial charge in [0.2, 0.25) is 0 Å². The van der Waals surface area contributed by atoms with E-state index in [4.69, 9.17) is 9.47 Å². The number of rotatable bonds is 2. The largest absolute Gasteiger partial charge is 0.393 e. The third-order valence-corrected chi connectivity index (χ3v) is 10.9. The highest BCUT2D eigenvalue weighted by Crippen LogP contribution is 2.69. The van der Waals surface area contributed by atoms with Crippen LogP contribution in [0.1, 0.15) is 71.6 Å². The van der Waals surface area contributed by atoms with Crippen LogP contribution in [0.4, 0.5) is 0 Å². The van der Waals surface area contributed by atoms with Crippen LogP contribution >= 0.6 is 15.9 Å². The molecule has 8 atom stereocenters. The average Bonchev–Trinajstić information content (AvgIpc) is 3.27. The Morgan fingerprint density at radius 3 is 2.33 bits per heavy atom. The van der Waals surface area contributed by atoms with Crippen molar-refractivity contribution in [2.45, 2.75) is 83.5 Å². The van der Waals surface area contributed by atoms with Crippen LogP contribution in [0.2, 0.25) is 0 Å². The zero-order valence-electron chi connectivity index (χ0n) is 17.1. The Hall–Kier alpha value is 0.360. The predicted octanol–water partition coefficient (Wildman–Crippen LogP) is 5.14. The van der Waals surface area contributed by atoms with Crippen LogP contribution in [0.3, 0.4) is 0 Å². The molecule has 0 aromatic heterocycles. The lowest BCUT2D eigenvalue weighted by molar-refractivity contribution is -0.214. The van der Waals surface area contributed by atoms with Gasteiger partial charge in [-0.15, -0.1) is 0 Å². The van der Waals surface area contributed by atoms with E-state index in [9.17, 15) is 5.11 Å². The molecule has 27 heavy (non-hydrogen) atoms. The van der Waals surface area contributed by atoms with Crippen LogP contribution in [0, 0.1) is 40.4 Å². The Bertz CT molecular complexity index is 576. The van der Waals surface area contributed by atoms with Gasteiger partial charge < -0.3 is 14.6 Å². The maximum atomic E-state index is 10.2. The minimum absolute atomic E-state index is 0.0419. The van der Waals surface area contributed by atoms with E-state index in [2.05, 4.69) is 29.8 Å². The molecule has 1 N–H and O–H groups in total. The maximum Gasteiger partial charge on any atom is 0.181 e. The highest BCUT2D eigenvalue weighted by molar-refractivity contribution is 9.09. The Kier molecular flexibility index (Phi) is 4.79. The maximum absolute atomic E-state index is 10.2. The summed E-state index contributed by atoms with van der Waals surface area (Å²) in [6.45, 7) is 6.65. The van der Waals surface area contributed by atoms with Gasteiger partial charge in [0.25, 0.3) is 0 Å². The van der Waals surface area contributed by atoms with Crippen molar-refractivity contribution < 1.29 is 14.6 Å². The minimum Gasteiger partial charge on any atom is -0.393 e. The molecule has 1 saturated heterocycles. The van der Waals surface area contributed by atoms with E-state index in [-0.39, 0.29) is 11.9 Å². The number of hydrogen-bond donors (Lipinski definition) is 1. The molecule has 0 aromatic rings. The SMILES string of the molecule is C[C@]12CC[C@H](O)C[C@@H]1CC[C@H]1[C@H]3CC[C@H](C4(CBr)OCCO4)[C@]3(C)CC[C@@H]12. The lowest BCUT2D eigenvalue weighted by Gasteiger charge is -2.61. The fraction of sp³-hybridized carbons (Fsp3) is 1.00. The quantitative estimate of drug-likeness (QED) is 0.603. The van der Waals surface area contributed by atoms with Crippen molar-refractivity contribution in [3.63, 3.8) is 0 Å². The van der Waals surface area contributed by atoms with Crippen LogP contribution < -0.4 is 0 Å². The first kappa shape index (κ1) is 19.3. The summed E-state index contributed by atoms with van der Waals surface area (Å²) in [7, 11) is 0. The van der Waals surface area contributed by atoms with E-state index in [0.717, 1.165) is 55.1 Å². The van der Waals surface area contributed by atoms with E-state index in [1.54, 1.807) is 0 Å². The molecular formula is C23H37BrO3. The number of halogens is 1. The Labute approximate surface area is 173 Å². The lowest BCUT2D eigenvalue weighted by atomic mass is 9.44. The fourth-order valence-corrected chi connectivity index (χ4v) is 9.51. The standard InChI is InChI=1S/C23H37BrO3/c1-21-9-7-16(25)13-15(21)3-4-17-18-5-6-20(22(18,2)10-8-19(17)21)23(14-24)26-11-12-27-23/h15-20,25H,3-14H2,1-2H3/t15-,16-,17-,18+,19-,20-,21-,22+/m0/s1. The summed E-state index contributed by atoms with van der Waals surface area (Å²) in [4.78, 5) is 0. The Morgan fingerprint density at radius 1 is 0.889 bits per heavy atom. The fourth-order valence-electron chi connectivity index (χ4n) is 8.80. The zero-order chi connectivity index (χ0) is 18.9. The van der Waals surface area contributed by atoms with E-state index in [0.29, 0.717) is 16.7 Å². The topological polar surface area (TPSA) is 38.7 Å². The second kappa shape index (κ2) is 6.68. The first-order chi connectivity index (χ1) is 12.9. The van der Waals surface area contributed by atoms with Crippen molar-refractivity contribution in [3.05, 3.63) is 0 Å². The first-order valence-electron chi connectivity index (χ1n) is 11.4. The highest BCUT2D eigenvalue weighted by Gasteiger charge is 2.64. The van der Waals surface area contributed by atoms with Gasteiger partial charge in [-0.1, -0.05) is 29.8 Å². The first-order valence-corrected chi connectivity index (χ1v) is 12.6. The molecule has 0 radical (unpaired) electrons. The molecule has 154 valence electrons. The van der Waals surface area contributed by atoms with Crippen LogP contribution in [-0.2, 0) is 9.47 Å². The van der Waals surface area contributed by atoms with E-state index in [1.807, 2.05) is 0 Å². The van der Waals surface area contributed by atoms with Gasteiger partial charge in [0.15, 0.2) is 5.79 Å². The van der Waals surface area contributed by atoms with Crippen molar-refractivity contribution in [1.29, 1.82) is 0 Å². The lowest BCUT2D eigenvalue weighted by Crippen LogP contribution is -2.56. The van der Waals surface area contributed by atoms with Crippen molar-refractivity contribution in [2.24, 2.45) is 40.4 Å². The molecule has 5 rings (SSSR count). The summed E-state index contributed by atoms with van der Waals surface area (Å²) in [6, 6.07) is 0. The summed E-state index contributed by atoms with van der Waals surface area (Å²) in [5.74, 6) is 3.46. The highest BCUT2D eigenvalue weighted by atomic mass is 79.9. The van der Waals surface area contributed by atoms with Gasteiger partial charge in [0.05, 0.1) is 24.6 Å². The molecule has 5 fully saturated rings. The van der Waals surface area contributed by atoms with Crippen molar-refractivity contribution >= 4 is 15.9 Å². The van der Waals surface area contributed by atoms with Crippen LogP contribution in [-0.4, -0.2) is 35.5 Å².